The summed E-state index contributed by atoms with van der Waals surface area (Å²) in [7, 11) is 0. The number of halogens is 1. The number of aromatic nitrogens is 1. The second-order valence-corrected chi connectivity index (χ2v) is 4.84. The summed E-state index contributed by atoms with van der Waals surface area (Å²) < 4.78 is 2.07. The smallest absolute Gasteiger partial charge is 0.0693 e. The monoisotopic (exact) mass is 222 g/mol. The normalized spacial score (nSPS) is 12.3. The van der Waals surface area contributed by atoms with Crippen molar-refractivity contribution in [1.29, 1.82) is 0 Å². The highest BCUT2D eigenvalue weighted by Crippen LogP contribution is 2.32. The van der Waals surface area contributed by atoms with Crippen molar-refractivity contribution < 1.29 is 0 Å². The fourth-order valence-electron chi connectivity index (χ4n) is 2.09. The van der Waals surface area contributed by atoms with Crippen LogP contribution in [0.5, 0.6) is 0 Å². The van der Waals surface area contributed by atoms with Crippen molar-refractivity contribution in [2.24, 2.45) is 5.73 Å². The molecule has 0 atom stereocenters. The Morgan fingerprint density at radius 3 is 2.60 bits per heavy atom. The molecule has 80 valence electrons. The number of pyridine rings is 1. The fraction of sp³-hybridized carbons (Fsp3) is 0.333. The molecule has 0 unspecified atom stereocenters. The van der Waals surface area contributed by atoms with Gasteiger partial charge in [-0.05, 0) is 38.5 Å². The van der Waals surface area contributed by atoms with Gasteiger partial charge in [0, 0.05) is 11.9 Å². The lowest BCUT2D eigenvalue weighted by Crippen LogP contribution is -2.31. The molecule has 2 heterocycles. The molecule has 0 amide bonds. The van der Waals surface area contributed by atoms with Gasteiger partial charge >= 0.3 is 0 Å². The average molecular weight is 223 g/mol. The van der Waals surface area contributed by atoms with Gasteiger partial charge in [-0.2, -0.15) is 0 Å². The molecule has 0 radical (unpaired) electrons. The molecule has 2 rings (SSSR count). The van der Waals surface area contributed by atoms with Crippen molar-refractivity contribution in [2.75, 3.05) is 0 Å². The number of fused-ring (bicyclic) bond motifs is 1. The quantitative estimate of drug-likeness (QED) is 0.790. The van der Waals surface area contributed by atoms with E-state index < -0.39 is 0 Å². The lowest BCUT2D eigenvalue weighted by molar-refractivity contribution is 0.527. The summed E-state index contributed by atoms with van der Waals surface area (Å²) in [5.74, 6) is 0. The number of hydrogen-bond donors (Lipinski definition) is 1. The molecule has 0 fully saturated rings. The minimum atomic E-state index is -0.387. The number of nitrogens with two attached hydrogens (primary N) is 1. The van der Waals surface area contributed by atoms with E-state index in [1.54, 1.807) is 0 Å². The first-order valence-electron chi connectivity index (χ1n) is 4.97. The van der Waals surface area contributed by atoms with Crippen molar-refractivity contribution in [3.8, 4) is 0 Å². The second kappa shape index (κ2) is 3.26. The van der Waals surface area contributed by atoms with Crippen molar-refractivity contribution in [3.05, 3.63) is 40.7 Å². The zero-order valence-electron chi connectivity index (χ0n) is 9.21. The Labute approximate surface area is 94.7 Å². The van der Waals surface area contributed by atoms with E-state index in [4.69, 9.17) is 17.3 Å². The maximum Gasteiger partial charge on any atom is 0.0693 e. The zero-order chi connectivity index (χ0) is 11.2. The van der Waals surface area contributed by atoms with Crippen LogP contribution in [0.25, 0.3) is 5.52 Å². The van der Waals surface area contributed by atoms with Crippen LogP contribution in [0.4, 0.5) is 0 Å². The van der Waals surface area contributed by atoms with Gasteiger partial charge in [-0.1, -0.05) is 17.7 Å². The molecule has 0 saturated heterocycles. The summed E-state index contributed by atoms with van der Waals surface area (Å²) in [4.78, 5) is 0. The average Bonchev–Trinajstić information content (AvgIpc) is 2.39. The number of nitrogens with zero attached hydrogens (tertiary/aromatic N) is 1. The van der Waals surface area contributed by atoms with Crippen LogP contribution in [0, 0.1) is 6.92 Å². The minimum Gasteiger partial charge on any atom is -0.321 e. The second-order valence-electron chi connectivity index (χ2n) is 4.47. The minimum absolute atomic E-state index is 0.387. The van der Waals surface area contributed by atoms with E-state index in [0.29, 0.717) is 0 Å². The SMILES string of the molecule is Cc1c(Cl)c2ccccn2c1C(C)(C)N. The first-order valence-corrected chi connectivity index (χ1v) is 5.35. The Bertz CT molecular complexity index is 506. The third kappa shape index (κ3) is 1.54. The first-order chi connectivity index (χ1) is 6.93. The third-order valence-electron chi connectivity index (χ3n) is 2.62. The Hall–Kier alpha value is -0.990. The largest absolute Gasteiger partial charge is 0.321 e. The highest BCUT2D eigenvalue weighted by molar-refractivity contribution is 6.35. The molecular weight excluding hydrogens is 208 g/mol. The Morgan fingerprint density at radius 2 is 2.00 bits per heavy atom. The predicted octanol–water partition coefficient (Wildman–Crippen LogP) is 3.09. The van der Waals surface area contributed by atoms with Crippen LogP contribution < -0.4 is 5.73 Å². The molecule has 2 aromatic rings. The van der Waals surface area contributed by atoms with Gasteiger partial charge in [0.1, 0.15) is 0 Å². The van der Waals surface area contributed by atoms with Gasteiger partial charge in [0.05, 0.1) is 16.1 Å². The lowest BCUT2D eigenvalue weighted by atomic mass is 9.99. The Morgan fingerprint density at radius 1 is 1.33 bits per heavy atom. The standard InChI is InChI=1S/C12H15ClN2/c1-8-10(13)9-6-4-5-7-15(9)11(8)12(2,3)14/h4-7H,14H2,1-3H3. The van der Waals surface area contributed by atoms with Crippen LogP contribution in [0.1, 0.15) is 25.1 Å². The molecule has 0 aromatic carbocycles. The van der Waals surface area contributed by atoms with Crippen LogP contribution in [0.2, 0.25) is 5.02 Å². The van der Waals surface area contributed by atoms with Gasteiger partial charge in [-0.3, -0.25) is 0 Å². The summed E-state index contributed by atoms with van der Waals surface area (Å²) in [6, 6.07) is 5.97. The molecule has 0 spiro atoms. The summed E-state index contributed by atoms with van der Waals surface area (Å²) in [6.45, 7) is 6.00. The fourth-order valence-corrected chi connectivity index (χ4v) is 2.33. The Balaban J connectivity index is 2.90. The molecule has 2 N–H and O–H groups in total. The van der Waals surface area contributed by atoms with Crippen LogP contribution in [0.3, 0.4) is 0 Å². The summed E-state index contributed by atoms with van der Waals surface area (Å²) in [6.07, 6.45) is 2.00. The van der Waals surface area contributed by atoms with E-state index in [1.165, 1.54) is 0 Å². The summed E-state index contributed by atoms with van der Waals surface area (Å²) in [5.41, 5.74) is 8.93. The molecule has 0 aliphatic heterocycles. The van der Waals surface area contributed by atoms with Gasteiger partial charge in [-0.15, -0.1) is 0 Å². The van der Waals surface area contributed by atoms with Gasteiger partial charge in [0.25, 0.3) is 0 Å². The van der Waals surface area contributed by atoms with Gasteiger partial charge in [-0.25, -0.2) is 0 Å². The van der Waals surface area contributed by atoms with E-state index in [0.717, 1.165) is 21.8 Å². The zero-order valence-corrected chi connectivity index (χ0v) is 9.97. The van der Waals surface area contributed by atoms with E-state index in [2.05, 4.69) is 4.40 Å². The Kier molecular flexibility index (Phi) is 2.28. The first kappa shape index (κ1) is 10.5. The van der Waals surface area contributed by atoms with E-state index in [1.807, 2.05) is 45.2 Å². The maximum atomic E-state index is 6.28. The van der Waals surface area contributed by atoms with E-state index in [9.17, 15) is 0 Å². The molecule has 0 aliphatic carbocycles. The molecule has 2 nitrogen and oxygen atoms in total. The summed E-state index contributed by atoms with van der Waals surface area (Å²) >= 11 is 6.28. The predicted molar refractivity (Wildman–Crippen MR) is 64.4 cm³/mol. The molecule has 3 heteroatoms. The van der Waals surface area contributed by atoms with Crippen molar-refractivity contribution in [2.45, 2.75) is 26.3 Å². The van der Waals surface area contributed by atoms with Crippen LogP contribution in [0.15, 0.2) is 24.4 Å². The molecular formula is C12H15ClN2. The van der Waals surface area contributed by atoms with Crippen molar-refractivity contribution in [1.82, 2.24) is 4.40 Å². The van der Waals surface area contributed by atoms with Gasteiger partial charge in [0.2, 0.25) is 0 Å². The number of hydrogen-bond acceptors (Lipinski definition) is 1. The van der Waals surface area contributed by atoms with Gasteiger partial charge < -0.3 is 10.1 Å². The molecule has 0 aliphatic rings. The van der Waals surface area contributed by atoms with Crippen LogP contribution >= 0.6 is 11.6 Å². The van der Waals surface area contributed by atoms with E-state index >= 15 is 0 Å². The van der Waals surface area contributed by atoms with Crippen LogP contribution in [-0.2, 0) is 5.54 Å². The third-order valence-corrected chi connectivity index (χ3v) is 3.10. The molecule has 0 saturated carbocycles. The van der Waals surface area contributed by atoms with Gasteiger partial charge in [0.15, 0.2) is 0 Å². The molecule has 0 bridgehead atoms. The molecule has 15 heavy (non-hydrogen) atoms. The highest BCUT2D eigenvalue weighted by Gasteiger charge is 2.23. The topological polar surface area (TPSA) is 30.4 Å². The lowest BCUT2D eigenvalue weighted by Gasteiger charge is -2.20. The molecule has 2 aromatic heterocycles. The van der Waals surface area contributed by atoms with Crippen LogP contribution in [-0.4, -0.2) is 4.40 Å². The van der Waals surface area contributed by atoms with Crippen molar-refractivity contribution >= 4 is 17.1 Å². The highest BCUT2D eigenvalue weighted by atomic mass is 35.5. The van der Waals surface area contributed by atoms with E-state index in [-0.39, 0.29) is 5.54 Å². The summed E-state index contributed by atoms with van der Waals surface area (Å²) in [5, 5.41) is 0.795. The van der Waals surface area contributed by atoms with Crippen molar-refractivity contribution in [3.63, 3.8) is 0 Å². The maximum absolute atomic E-state index is 6.28. The number of rotatable bonds is 1.